The lowest BCUT2D eigenvalue weighted by molar-refractivity contribution is -0.144. The zero-order valence-electron chi connectivity index (χ0n) is 8.77. The second-order valence-corrected chi connectivity index (χ2v) is 4.38. The van der Waals surface area contributed by atoms with Crippen LogP contribution in [0.5, 0.6) is 0 Å². The average molecular weight is 230 g/mol. The van der Waals surface area contributed by atoms with Gasteiger partial charge >= 0.3 is 11.9 Å². The van der Waals surface area contributed by atoms with Crippen molar-refractivity contribution in [2.75, 3.05) is 13.2 Å². The Hall–Kier alpha value is -1.14. The first-order chi connectivity index (χ1) is 7.51. The molecular formula is C10H14O6. The summed E-state index contributed by atoms with van der Waals surface area (Å²) in [6, 6.07) is 0. The third-order valence-electron chi connectivity index (χ3n) is 3.18. The molecule has 0 spiro atoms. The summed E-state index contributed by atoms with van der Waals surface area (Å²) in [5, 5.41) is 17.6. The van der Waals surface area contributed by atoms with Gasteiger partial charge in [-0.15, -0.1) is 0 Å². The number of unbranched alkanes of at least 4 members (excludes halogenated alkanes) is 1. The van der Waals surface area contributed by atoms with Crippen molar-refractivity contribution in [3.8, 4) is 0 Å². The van der Waals surface area contributed by atoms with Crippen LogP contribution in [0.1, 0.15) is 25.7 Å². The van der Waals surface area contributed by atoms with Gasteiger partial charge in [-0.05, 0) is 25.7 Å². The van der Waals surface area contributed by atoms with Gasteiger partial charge in [0.05, 0.1) is 13.2 Å². The maximum Gasteiger partial charge on any atom is 0.338 e. The first-order valence-electron chi connectivity index (χ1n) is 5.26. The number of epoxide rings is 2. The number of ether oxygens (including phenoxy) is 2. The van der Waals surface area contributed by atoms with Gasteiger partial charge in [0.15, 0.2) is 11.2 Å². The monoisotopic (exact) mass is 230 g/mol. The van der Waals surface area contributed by atoms with Crippen molar-refractivity contribution in [1.82, 2.24) is 0 Å². The van der Waals surface area contributed by atoms with Crippen LogP contribution in [0.15, 0.2) is 0 Å². The number of carboxylic acids is 2. The van der Waals surface area contributed by atoms with E-state index in [9.17, 15) is 9.59 Å². The standard InChI is InChI=1S/C10H14O6/c11-7(12)9(5-15-9)3-1-2-4-10(6-16-10)8(13)14/h1-6H2,(H,11,12)(H,13,14). The minimum absolute atomic E-state index is 0.267. The Labute approximate surface area is 92.2 Å². The molecule has 90 valence electrons. The molecule has 2 rings (SSSR count). The third-order valence-corrected chi connectivity index (χ3v) is 3.18. The Balaban J connectivity index is 1.66. The molecule has 2 aliphatic rings. The van der Waals surface area contributed by atoms with Gasteiger partial charge in [-0.2, -0.15) is 0 Å². The van der Waals surface area contributed by atoms with Gasteiger partial charge < -0.3 is 19.7 Å². The second kappa shape index (κ2) is 3.71. The van der Waals surface area contributed by atoms with Gasteiger partial charge in [0.1, 0.15) is 0 Å². The van der Waals surface area contributed by atoms with Crippen molar-refractivity contribution in [3.63, 3.8) is 0 Å². The number of aliphatic carboxylic acids is 2. The van der Waals surface area contributed by atoms with E-state index in [2.05, 4.69) is 0 Å². The summed E-state index contributed by atoms with van der Waals surface area (Å²) in [5.74, 6) is -1.86. The lowest BCUT2D eigenvalue weighted by atomic mass is 9.98. The summed E-state index contributed by atoms with van der Waals surface area (Å²) in [6.45, 7) is 0.534. The summed E-state index contributed by atoms with van der Waals surface area (Å²) >= 11 is 0. The molecule has 2 N–H and O–H groups in total. The molecule has 2 atom stereocenters. The molecule has 0 aromatic heterocycles. The maximum atomic E-state index is 10.8. The Bertz CT molecular complexity index is 283. The van der Waals surface area contributed by atoms with Crippen molar-refractivity contribution < 1.29 is 29.3 Å². The molecule has 2 saturated heterocycles. The van der Waals surface area contributed by atoms with Crippen LogP contribution in [0.3, 0.4) is 0 Å². The Morgan fingerprint density at radius 3 is 1.44 bits per heavy atom. The van der Waals surface area contributed by atoms with Crippen LogP contribution in [0.4, 0.5) is 0 Å². The summed E-state index contributed by atoms with van der Waals surface area (Å²) in [7, 11) is 0. The fraction of sp³-hybridized carbons (Fsp3) is 0.800. The van der Waals surface area contributed by atoms with E-state index < -0.39 is 23.1 Å². The molecule has 2 aliphatic heterocycles. The Morgan fingerprint density at radius 2 is 1.25 bits per heavy atom. The lowest BCUT2D eigenvalue weighted by Crippen LogP contribution is -2.25. The highest BCUT2D eigenvalue weighted by molar-refractivity contribution is 5.80. The smallest absolute Gasteiger partial charge is 0.338 e. The summed E-state index contributed by atoms with van der Waals surface area (Å²) in [6.07, 6.45) is 2.17. The van der Waals surface area contributed by atoms with Crippen LogP contribution in [-0.4, -0.2) is 46.6 Å². The highest BCUT2D eigenvalue weighted by Gasteiger charge is 2.53. The first-order valence-corrected chi connectivity index (χ1v) is 5.26. The van der Waals surface area contributed by atoms with Gasteiger partial charge in [0, 0.05) is 0 Å². The molecule has 0 aliphatic carbocycles. The van der Waals surface area contributed by atoms with E-state index in [-0.39, 0.29) is 13.2 Å². The molecule has 0 aromatic carbocycles. The van der Waals surface area contributed by atoms with Crippen molar-refractivity contribution in [2.45, 2.75) is 36.9 Å². The molecule has 2 fully saturated rings. The largest absolute Gasteiger partial charge is 0.479 e. The van der Waals surface area contributed by atoms with Crippen LogP contribution < -0.4 is 0 Å². The molecule has 2 heterocycles. The molecule has 0 saturated carbocycles. The predicted octanol–water partition coefficient (Wildman–Crippen LogP) is 0.254. The van der Waals surface area contributed by atoms with Gasteiger partial charge in [-0.1, -0.05) is 0 Å². The zero-order chi connectivity index (χ0) is 11.8. The minimum atomic E-state index is -0.985. The number of hydrogen-bond acceptors (Lipinski definition) is 4. The molecule has 6 heteroatoms. The minimum Gasteiger partial charge on any atom is -0.479 e. The third kappa shape index (κ3) is 2.03. The molecule has 0 amide bonds. The van der Waals surface area contributed by atoms with Crippen LogP contribution in [0.25, 0.3) is 0 Å². The quantitative estimate of drug-likeness (QED) is 0.480. The maximum absolute atomic E-state index is 10.8. The normalized spacial score (nSPS) is 35.8. The number of carboxylic acid groups (broad SMARTS) is 2. The Morgan fingerprint density at radius 1 is 0.938 bits per heavy atom. The van der Waals surface area contributed by atoms with Crippen molar-refractivity contribution in [1.29, 1.82) is 0 Å². The Kier molecular flexibility index (Phi) is 2.63. The van der Waals surface area contributed by atoms with Crippen LogP contribution >= 0.6 is 0 Å². The SMILES string of the molecule is O=C(O)C1(CCCCC2(C(=O)O)CO2)CO1. The summed E-state index contributed by atoms with van der Waals surface area (Å²) in [5.41, 5.74) is -1.97. The number of carbonyl (C=O) groups is 2. The van der Waals surface area contributed by atoms with Crippen LogP contribution in [0, 0.1) is 0 Å². The number of hydrogen-bond donors (Lipinski definition) is 2. The zero-order valence-corrected chi connectivity index (χ0v) is 8.77. The van der Waals surface area contributed by atoms with E-state index in [1.54, 1.807) is 0 Å². The van der Waals surface area contributed by atoms with Crippen molar-refractivity contribution in [3.05, 3.63) is 0 Å². The average Bonchev–Trinajstić information content (AvgIpc) is 3.09. The predicted molar refractivity (Wildman–Crippen MR) is 51.1 cm³/mol. The van der Waals surface area contributed by atoms with E-state index >= 15 is 0 Å². The molecule has 6 nitrogen and oxygen atoms in total. The van der Waals surface area contributed by atoms with E-state index in [4.69, 9.17) is 19.7 Å². The van der Waals surface area contributed by atoms with E-state index in [0.717, 1.165) is 0 Å². The summed E-state index contributed by atoms with van der Waals surface area (Å²) in [4.78, 5) is 21.5. The first kappa shape index (κ1) is 11.3. The molecule has 0 aromatic rings. The fourth-order valence-corrected chi connectivity index (χ4v) is 1.74. The van der Waals surface area contributed by atoms with Crippen molar-refractivity contribution >= 4 is 11.9 Å². The molecular weight excluding hydrogens is 216 g/mol. The second-order valence-electron chi connectivity index (χ2n) is 4.38. The molecule has 16 heavy (non-hydrogen) atoms. The van der Waals surface area contributed by atoms with Gasteiger partial charge in [0.2, 0.25) is 0 Å². The summed E-state index contributed by atoms with van der Waals surface area (Å²) < 4.78 is 9.81. The molecule has 2 unspecified atom stereocenters. The molecule has 0 bridgehead atoms. The van der Waals surface area contributed by atoms with Crippen molar-refractivity contribution in [2.24, 2.45) is 0 Å². The van der Waals surface area contributed by atoms with Gasteiger partial charge in [-0.25, -0.2) is 9.59 Å². The topological polar surface area (TPSA) is 99.7 Å². The van der Waals surface area contributed by atoms with E-state index in [1.165, 1.54) is 0 Å². The highest BCUT2D eigenvalue weighted by Crippen LogP contribution is 2.36. The van der Waals surface area contributed by atoms with Crippen LogP contribution in [-0.2, 0) is 19.1 Å². The van der Waals surface area contributed by atoms with Gasteiger partial charge in [-0.3, -0.25) is 0 Å². The van der Waals surface area contributed by atoms with Gasteiger partial charge in [0.25, 0.3) is 0 Å². The highest BCUT2D eigenvalue weighted by atomic mass is 16.6. The van der Waals surface area contributed by atoms with E-state index in [1.807, 2.05) is 0 Å². The van der Waals surface area contributed by atoms with E-state index in [0.29, 0.717) is 25.7 Å². The molecule has 0 radical (unpaired) electrons. The number of rotatable bonds is 7. The lowest BCUT2D eigenvalue weighted by Gasteiger charge is -2.08. The fourth-order valence-electron chi connectivity index (χ4n) is 1.74. The van der Waals surface area contributed by atoms with Crippen LogP contribution in [0.2, 0.25) is 0 Å².